The van der Waals surface area contributed by atoms with Gasteiger partial charge in [-0.1, -0.05) is 11.8 Å². The van der Waals surface area contributed by atoms with Crippen molar-refractivity contribution in [3.63, 3.8) is 0 Å². The summed E-state index contributed by atoms with van der Waals surface area (Å²) in [4.78, 5) is 34.7. The van der Waals surface area contributed by atoms with E-state index in [0.29, 0.717) is 0 Å². The molecular weight excluding hydrogens is 370 g/mol. The fourth-order valence-corrected chi connectivity index (χ4v) is 2.13. The SMILES string of the molecule is C[C@@H](OC(=O)C(C)(C)C)OC(O)SC[C@H](NC(=O)C(C)(C)S)C(=O)O. The molecule has 0 aromatic rings. The Morgan fingerprint density at radius 3 is 2.12 bits per heavy atom. The summed E-state index contributed by atoms with van der Waals surface area (Å²) in [6.07, 6.45) is -1.01. The second kappa shape index (κ2) is 9.65. The maximum Gasteiger partial charge on any atom is 0.327 e. The van der Waals surface area contributed by atoms with Crippen LogP contribution in [0.3, 0.4) is 0 Å². The maximum atomic E-state index is 11.8. The van der Waals surface area contributed by atoms with Gasteiger partial charge in [0.15, 0.2) is 0 Å². The Bertz CT molecular complexity index is 485. The van der Waals surface area contributed by atoms with Crippen molar-refractivity contribution in [2.45, 2.75) is 64.2 Å². The maximum absolute atomic E-state index is 11.8. The first kappa shape index (κ1) is 24.0. The lowest BCUT2D eigenvalue weighted by Gasteiger charge is -2.24. The van der Waals surface area contributed by atoms with Gasteiger partial charge in [0.2, 0.25) is 17.8 Å². The molecule has 0 aromatic carbocycles. The number of ether oxygens (including phenoxy) is 2. The first-order valence-corrected chi connectivity index (χ1v) is 9.06. The molecule has 0 spiro atoms. The topological polar surface area (TPSA) is 122 Å². The monoisotopic (exact) mass is 397 g/mol. The van der Waals surface area contributed by atoms with Crippen LogP contribution in [0, 0.1) is 5.41 Å². The van der Waals surface area contributed by atoms with Crippen molar-refractivity contribution in [1.29, 1.82) is 0 Å². The number of thioether (sulfide) groups is 1. The largest absolute Gasteiger partial charge is 0.480 e. The Morgan fingerprint density at radius 1 is 1.20 bits per heavy atom. The van der Waals surface area contributed by atoms with Gasteiger partial charge in [0.05, 0.1) is 10.2 Å². The standard InChI is InChI=1S/C15H27NO7S2/c1-8(22-12(20)14(2,3)4)23-13(21)25-7-9(10(17)18)16-11(19)15(5,6)24/h8-9,13,21,24H,7H2,1-6H3,(H,16,19)(H,17,18)/t8-,9-,13?/m0/s1. The summed E-state index contributed by atoms with van der Waals surface area (Å²) in [5, 5.41) is 21.3. The Labute approximate surface area is 157 Å². The highest BCUT2D eigenvalue weighted by Gasteiger charge is 2.30. The molecule has 0 aromatic heterocycles. The number of amides is 1. The van der Waals surface area contributed by atoms with Crippen molar-refractivity contribution in [3.8, 4) is 0 Å². The van der Waals surface area contributed by atoms with Crippen LogP contribution in [0.4, 0.5) is 0 Å². The number of rotatable bonds is 9. The van der Waals surface area contributed by atoms with Gasteiger partial charge in [-0.3, -0.25) is 9.59 Å². The highest BCUT2D eigenvalue weighted by molar-refractivity contribution is 7.99. The number of aliphatic hydroxyl groups excluding tert-OH is 1. The molecule has 0 aliphatic carbocycles. The molecule has 146 valence electrons. The van der Waals surface area contributed by atoms with E-state index in [1.165, 1.54) is 20.8 Å². The Balaban J connectivity index is 4.49. The molecular formula is C15H27NO7S2. The third-order valence-corrected chi connectivity index (χ3v) is 3.88. The number of aliphatic hydroxyl groups is 1. The number of carboxylic acids is 1. The number of carboxylic acid groups (broad SMARTS) is 1. The molecule has 0 saturated carbocycles. The number of esters is 1. The van der Waals surface area contributed by atoms with Crippen molar-refractivity contribution in [2.24, 2.45) is 5.41 Å². The highest BCUT2D eigenvalue weighted by atomic mass is 32.2. The molecule has 8 nitrogen and oxygen atoms in total. The van der Waals surface area contributed by atoms with Crippen molar-refractivity contribution in [1.82, 2.24) is 5.32 Å². The number of hydrogen-bond acceptors (Lipinski definition) is 8. The number of carbonyl (C=O) groups excluding carboxylic acids is 2. The van der Waals surface area contributed by atoms with E-state index in [-0.39, 0.29) is 5.75 Å². The number of carbonyl (C=O) groups is 3. The first-order chi connectivity index (χ1) is 11.1. The highest BCUT2D eigenvalue weighted by Crippen LogP contribution is 2.19. The van der Waals surface area contributed by atoms with Crippen LogP contribution in [0.2, 0.25) is 0 Å². The third-order valence-electron chi connectivity index (χ3n) is 2.76. The molecule has 1 amide bonds. The molecule has 0 aliphatic heterocycles. The zero-order chi connectivity index (χ0) is 20.0. The van der Waals surface area contributed by atoms with Crippen molar-refractivity contribution in [2.75, 3.05) is 5.75 Å². The van der Waals surface area contributed by atoms with Crippen LogP contribution < -0.4 is 5.32 Å². The fraction of sp³-hybridized carbons (Fsp3) is 0.800. The molecule has 0 bridgehead atoms. The van der Waals surface area contributed by atoms with Crippen molar-refractivity contribution in [3.05, 3.63) is 0 Å². The lowest BCUT2D eigenvalue weighted by molar-refractivity contribution is -0.204. The van der Waals surface area contributed by atoms with Gasteiger partial charge >= 0.3 is 11.9 Å². The van der Waals surface area contributed by atoms with E-state index < -0.39 is 46.0 Å². The number of nitrogens with one attached hydrogen (secondary N) is 1. The van der Waals surface area contributed by atoms with E-state index >= 15 is 0 Å². The second-order valence-corrected chi connectivity index (χ2v) is 9.11. The second-order valence-electron chi connectivity index (χ2n) is 6.92. The molecule has 3 atom stereocenters. The Morgan fingerprint density at radius 2 is 1.72 bits per heavy atom. The minimum Gasteiger partial charge on any atom is -0.480 e. The molecule has 0 fully saturated rings. The number of thiol groups is 1. The normalized spacial score (nSPS) is 15.8. The van der Waals surface area contributed by atoms with Gasteiger partial charge in [0.1, 0.15) is 6.04 Å². The van der Waals surface area contributed by atoms with E-state index in [1.807, 2.05) is 0 Å². The van der Waals surface area contributed by atoms with E-state index in [2.05, 4.69) is 17.9 Å². The predicted molar refractivity (Wildman–Crippen MR) is 97.2 cm³/mol. The summed E-state index contributed by atoms with van der Waals surface area (Å²) in [6, 6.07) is -1.23. The minimum absolute atomic E-state index is 0.147. The van der Waals surface area contributed by atoms with Crippen LogP contribution in [-0.4, -0.2) is 56.5 Å². The molecule has 25 heavy (non-hydrogen) atoms. The van der Waals surface area contributed by atoms with Crippen LogP contribution in [0.25, 0.3) is 0 Å². The summed E-state index contributed by atoms with van der Waals surface area (Å²) in [7, 11) is 0. The smallest absolute Gasteiger partial charge is 0.327 e. The van der Waals surface area contributed by atoms with Gasteiger partial charge in [0, 0.05) is 5.75 Å². The van der Waals surface area contributed by atoms with Crippen LogP contribution >= 0.6 is 24.4 Å². The van der Waals surface area contributed by atoms with Gasteiger partial charge in [-0.25, -0.2) is 4.79 Å². The van der Waals surface area contributed by atoms with Crippen LogP contribution in [-0.2, 0) is 23.9 Å². The molecule has 0 radical (unpaired) electrons. The summed E-state index contributed by atoms with van der Waals surface area (Å²) >= 11 is 4.82. The van der Waals surface area contributed by atoms with E-state index in [9.17, 15) is 19.5 Å². The quantitative estimate of drug-likeness (QED) is 0.260. The minimum atomic E-state index is -1.43. The lowest BCUT2D eigenvalue weighted by Crippen LogP contribution is -2.49. The van der Waals surface area contributed by atoms with Gasteiger partial charge in [0.25, 0.3) is 0 Å². The first-order valence-electron chi connectivity index (χ1n) is 7.57. The van der Waals surface area contributed by atoms with Crippen molar-refractivity contribution >= 4 is 42.2 Å². The van der Waals surface area contributed by atoms with Gasteiger partial charge in [-0.15, -0.1) is 0 Å². The zero-order valence-electron chi connectivity index (χ0n) is 15.2. The average molecular weight is 398 g/mol. The van der Waals surface area contributed by atoms with Gasteiger partial charge in [-0.2, -0.15) is 12.6 Å². The van der Waals surface area contributed by atoms with E-state index in [1.54, 1.807) is 20.8 Å². The van der Waals surface area contributed by atoms with Crippen LogP contribution in [0.5, 0.6) is 0 Å². The summed E-state index contributed by atoms with van der Waals surface area (Å²) in [6.45, 7) is 9.53. The number of aliphatic carboxylic acids is 1. The van der Waals surface area contributed by atoms with E-state index in [0.717, 1.165) is 11.8 Å². The molecule has 0 aliphatic rings. The molecule has 0 heterocycles. The molecule has 1 unspecified atom stereocenters. The molecule has 10 heteroatoms. The summed E-state index contributed by atoms with van der Waals surface area (Å²) in [5.41, 5.74) is -2.14. The van der Waals surface area contributed by atoms with Crippen molar-refractivity contribution < 1.29 is 34.1 Å². The van der Waals surface area contributed by atoms with Crippen LogP contribution in [0.1, 0.15) is 41.5 Å². The zero-order valence-corrected chi connectivity index (χ0v) is 16.9. The molecule has 0 saturated heterocycles. The third kappa shape index (κ3) is 9.93. The van der Waals surface area contributed by atoms with E-state index in [4.69, 9.17) is 14.6 Å². The van der Waals surface area contributed by atoms with Gasteiger partial charge < -0.3 is 25.0 Å². The average Bonchev–Trinajstić information content (AvgIpc) is 2.40. The predicted octanol–water partition coefficient (Wildman–Crippen LogP) is 1.23. The summed E-state index contributed by atoms with van der Waals surface area (Å²) in [5.74, 6) is -2.44. The Hall–Kier alpha value is -0.970. The lowest BCUT2D eigenvalue weighted by atomic mass is 9.97. The van der Waals surface area contributed by atoms with Gasteiger partial charge in [-0.05, 0) is 41.5 Å². The fourth-order valence-electron chi connectivity index (χ4n) is 1.25. The number of hydrogen-bond donors (Lipinski definition) is 4. The molecule has 3 N–H and O–H groups in total. The summed E-state index contributed by atoms with van der Waals surface area (Å²) < 4.78 is 9.05. The molecule has 0 rings (SSSR count). The Kier molecular flexibility index (Phi) is 9.28. The van der Waals surface area contributed by atoms with Crippen LogP contribution in [0.15, 0.2) is 0 Å².